The van der Waals surface area contributed by atoms with Crippen LogP contribution in [0.15, 0.2) is 35.4 Å². The molecule has 2 fully saturated rings. The Hall–Kier alpha value is -2.17. The molecular formula is C19H23N3O2. The zero-order chi connectivity index (χ0) is 16.7. The molecule has 0 spiro atoms. The van der Waals surface area contributed by atoms with Gasteiger partial charge in [0.15, 0.2) is 0 Å². The molecule has 24 heavy (non-hydrogen) atoms. The van der Waals surface area contributed by atoms with Crippen LogP contribution in [-0.4, -0.2) is 40.0 Å². The van der Waals surface area contributed by atoms with E-state index < -0.39 is 0 Å². The molecule has 0 aromatic heterocycles. The van der Waals surface area contributed by atoms with Crippen LogP contribution in [0.4, 0.5) is 0 Å². The van der Waals surface area contributed by atoms with E-state index in [9.17, 15) is 9.59 Å². The number of rotatable bonds is 2. The first-order valence-electron chi connectivity index (χ1n) is 8.91. The van der Waals surface area contributed by atoms with Gasteiger partial charge in [-0.05, 0) is 18.4 Å². The van der Waals surface area contributed by atoms with Crippen molar-refractivity contribution in [3.8, 4) is 0 Å². The molecule has 2 amide bonds. The molecule has 0 unspecified atom stereocenters. The molecule has 4 rings (SSSR count). The van der Waals surface area contributed by atoms with Crippen molar-refractivity contribution in [3.63, 3.8) is 0 Å². The Labute approximate surface area is 142 Å². The summed E-state index contributed by atoms with van der Waals surface area (Å²) in [4.78, 5) is 27.0. The molecule has 5 heteroatoms. The van der Waals surface area contributed by atoms with Gasteiger partial charge in [0.1, 0.15) is 5.71 Å². The van der Waals surface area contributed by atoms with Gasteiger partial charge in [-0.25, -0.2) is 5.01 Å². The second-order valence-corrected chi connectivity index (χ2v) is 7.06. The zero-order valence-corrected chi connectivity index (χ0v) is 14.0. The highest BCUT2D eigenvalue weighted by molar-refractivity contribution is 6.42. The highest BCUT2D eigenvalue weighted by Gasteiger charge is 2.51. The maximum atomic E-state index is 12.9. The average molecular weight is 325 g/mol. The molecule has 1 saturated heterocycles. The third-order valence-corrected chi connectivity index (χ3v) is 5.56. The number of amides is 2. The Balaban J connectivity index is 1.65. The number of fused-ring (bicyclic) bond motifs is 1. The van der Waals surface area contributed by atoms with E-state index >= 15 is 0 Å². The molecule has 2 heterocycles. The van der Waals surface area contributed by atoms with Crippen molar-refractivity contribution < 1.29 is 9.59 Å². The quantitative estimate of drug-likeness (QED) is 0.839. The van der Waals surface area contributed by atoms with Gasteiger partial charge in [0.2, 0.25) is 5.91 Å². The number of benzene rings is 1. The van der Waals surface area contributed by atoms with Gasteiger partial charge < -0.3 is 4.90 Å². The predicted molar refractivity (Wildman–Crippen MR) is 91.2 cm³/mol. The standard InChI is InChI=1S/C19H23N3O2/c1-13(23)22-18(14-8-4-2-5-9-14)16-12-21(19(24)17(16)20-22)15-10-6-3-7-11-15/h2,4-5,8-9,15-16,18H,3,6-7,10-12H2,1H3/t16-,18-/m1/s1. The third kappa shape index (κ3) is 2.43. The number of carbonyl (C=O) groups excluding carboxylic acids is 2. The molecule has 0 radical (unpaired) electrons. The van der Waals surface area contributed by atoms with Crippen LogP contribution >= 0.6 is 0 Å². The van der Waals surface area contributed by atoms with Gasteiger partial charge in [0.25, 0.3) is 5.91 Å². The number of hydrogen-bond donors (Lipinski definition) is 0. The Morgan fingerprint density at radius 1 is 1.12 bits per heavy atom. The smallest absolute Gasteiger partial charge is 0.270 e. The fourth-order valence-electron chi connectivity index (χ4n) is 4.40. The number of carbonyl (C=O) groups is 2. The number of hydrogen-bond acceptors (Lipinski definition) is 3. The van der Waals surface area contributed by atoms with Crippen molar-refractivity contribution in [2.75, 3.05) is 6.54 Å². The third-order valence-electron chi connectivity index (χ3n) is 5.56. The van der Waals surface area contributed by atoms with E-state index in [1.54, 1.807) is 0 Å². The van der Waals surface area contributed by atoms with E-state index in [0.29, 0.717) is 18.3 Å². The Kier molecular flexibility index (Phi) is 3.87. The van der Waals surface area contributed by atoms with E-state index in [-0.39, 0.29) is 23.8 Å². The summed E-state index contributed by atoms with van der Waals surface area (Å²) < 4.78 is 0. The lowest BCUT2D eigenvalue weighted by Gasteiger charge is -2.32. The van der Waals surface area contributed by atoms with Crippen molar-refractivity contribution in [2.24, 2.45) is 11.0 Å². The predicted octanol–water partition coefficient (Wildman–Crippen LogP) is 2.74. The van der Waals surface area contributed by atoms with Crippen LogP contribution in [0.5, 0.6) is 0 Å². The van der Waals surface area contributed by atoms with Gasteiger partial charge in [-0.3, -0.25) is 9.59 Å². The van der Waals surface area contributed by atoms with E-state index in [4.69, 9.17) is 0 Å². The molecule has 2 aliphatic heterocycles. The fraction of sp³-hybridized carbons (Fsp3) is 0.526. The molecule has 1 aromatic rings. The van der Waals surface area contributed by atoms with Crippen molar-refractivity contribution in [3.05, 3.63) is 35.9 Å². The summed E-state index contributed by atoms with van der Waals surface area (Å²) in [6.45, 7) is 2.20. The summed E-state index contributed by atoms with van der Waals surface area (Å²) in [6.07, 6.45) is 5.87. The summed E-state index contributed by atoms with van der Waals surface area (Å²) in [5.74, 6) is -0.0786. The van der Waals surface area contributed by atoms with Gasteiger partial charge in [-0.2, -0.15) is 5.10 Å². The van der Waals surface area contributed by atoms with Gasteiger partial charge in [0.05, 0.1) is 12.0 Å². The SMILES string of the molecule is CC(=O)N1N=C2C(=O)N(C3CCCCC3)C[C@H]2[C@H]1c1ccccc1. The topological polar surface area (TPSA) is 53.0 Å². The Morgan fingerprint density at radius 2 is 1.83 bits per heavy atom. The second kappa shape index (κ2) is 6.04. The molecule has 0 N–H and O–H groups in total. The van der Waals surface area contributed by atoms with Crippen molar-refractivity contribution in [2.45, 2.75) is 51.1 Å². The van der Waals surface area contributed by atoms with Crippen LogP contribution in [0.3, 0.4) is 0 Å². The van der Waals surface area contributed by atoms with Crippen LogP contribution in [0.25, 0.3) is 0 Å². The zero-order valence-electron chi connectivity index (χ0n) is 14.0. The van der Waals surface area contributed by atoms with Crippen molar-refractivity contribution in [1.29, 1.82) is 0 Å². The first-order chi connectivity index (χ1) is 11.7. The molecule has 1 saturated carbocycles. The molecule has 1 aromatic carbocycles. The first-order valence-corrected chi connectivity index (χ1v) is 8.91. The molecule has 3 aliphatic rings. The van der Waals surface area contributed by atoms with Gasteiger partial charge in [-0.15, -0.1) is 0 Å². The minimum Gasteiger partial charge on any atom is -0.334 e. The molecule has 5 nitrogen and oxygen atoms in total. The summed E-state index contributed by atoms with van der Waals surface area (Å²) in [5.41, 5.74) is 1.62. The monoisotopic (exact) mass is 325 g/mol. The lowest BCUT2D eigenvalue weighted by molar-refractivity contribution is -0.131. The maximum Gasteiger partial charge on any atom is 0.270 e. The fourth-order valence-corrected chi connectivity index (χ4v) is 4.40. The van der Waals surface area contributed by atoms with E-state index in [0.717, 1.165) is 18.4 Å². The van der Waals surface area contributed by atoms with Crippen LogP contribution < -0.4 is 0 Å². The molecular weight excluding hydrogens is 302 g/mol. The lowest BCUT2D eigenvalue weighted by atomic mass is 9.91. The van der Waals surface area contributed by atoms with Crippen molar-refractivity contribution in [1.82, 2.24) is 9.91 Å². The minimum atomic E-state index is -0.156. The van der Waals surface area contributed by atoms with Gasteiger partial charge in [-0.1, -0.05) is 49.6 Å². The summed E-state index contributed by atoms with van der Waals surface area (Å²) in [5, 5.41) is 5.95. The van der Waals surface area contributed by atoms with Gasteiger partial charge in [0, 0.05) is 19.5 Å². The maximum absolute atomic E-state index is 12.9. The number of nitrogens with zero attached hydrogens (tertiary/aromatic N) is 3. The summed E-state index contributed by atoms with van der Waals surface area (Å²) in [7, 11) is 0. The highest BCUT2D eigenvalue weighted by atomic mass is 16.2. The normalized spacial score (nSPS) is 27.4. The minimum absolute atomic E-state index is 0.00859. The lowest BCUT2D eigenvalue weighted by Crippen LogP contribution is -2.40. The molecule has 0 bridgehead atoms. The molecule has 126 valence electrons. The van der Waals surface area contributed by atoms with E-state index in [1.165, 1.54) is 31.2 Å². The molecule has 2 atom stereocenters. The Morgan fingerprint density at radius 3 is 2.50 bits per heavy atom. The highest BCUT2D eigenvalue weighted by Crippen LogP contribution is 2.41. The number of likely N-dealkylation sites (tertiary alicyclic amines) is 1. The van der Waals surface area contributed by atoms with E-state index in [2.05, 4.69) is 5.10 Å². The van der Waals surface area contributed by atoms with Gasteiger partial charge >= 0.3 is 0 Å². The first kappa shape index (κ1) is 15.4. The second-order valence-electron chi connectivity index (χ2n) is 7.06. The summed E-state index contributed by atoms with van der Waals surface area (Å²) in [6, 6.07) is 10.1. The summed E-state index contributed by atoms with van der Waals surface area (Å²) >= 11 is 0. The largest absolute Gasteiger partial charge is 0.334 e. The van der Waals surface area contributed by atoms with Crippen LogP contribution in [0.2, 0.25) is 0 Å². The number of hydrazone groups is 1. The van der Waals surface area contributed by atoms with Crippen molar-refractivity contribution >= 4 is 17.5 Å². The van der Waals surface area contributed by atoms with E-state index in [1.807, 2.05) is 35.2 Å². The molecule has 1 aliphatic carbocycles. The average Bonchev–Trinajstić information content (AvgIpc) is 3.14. The Bertz CT molecular complexity index is 679. The van der Waals surface area contributed by atoms with Crippen LogP contribution in [0.1, 0.15) is 50.6 Å². The van der Waals surface area contributed by atoms with Crippen LogP contribution in [-0.2, 0) is 9.59 Å². The van der Waals surface area contributed by atoms with Crippen LogP contribution in [0, 0.1) is 5.92 Å².